The molecule has 1 saturated carbocycles. The number of hydrogen-bond acceptors (Lipinski definition) is 6. The van der Waals surface area contributed by atoms with E-state index in [-0.39, 0.29) is 0 Å². The van der Waals surface area contributed by atoms with Gasteiger partial charge in [-0.3, -0.25) is 0 Å². The summed E-state index contributed by atoms with van der Waals surface area (Å²) in [6.07, 6.45) is 7.07. The van der Waals surface area contributed by atoms with Gasteiger partial charge in [-0.15, -0.1) is 0 Å². The fourth-order valence-electron chi connectivity index (χ4n) is 3.02. The minimum absolute atomic E-state index is 0.473. The predicted octanol–water partition coefficient (Wildman–Crippen LogP) is 5.44. The summed E-state index contributed by atoms with van der Waals surface area (Å²) < 4.78 is 6.15. The molecule has 0 bridgehead atoms. The van der Waals surface area contributed by atoms with Gasteiger partial charge in [0.25, 0.3) is 0 Å². The molecule has 0 spiro atoms. The molecule has 0 saturated heterocycles. The van der Waals surface area contributed by atoms with Crippen LogP contribution in [0.25, 0.3) is 6.08 Å². The Morgan fingerprint density at radius 1 is 1.14 bits per heavy atom. The number of nitriles is 1. The fraction of sp³-hybridized carbons (Fsp3) is 0.217. The van der Waals surface area contributed by atoms with E-state index in [1.54, 1.807) is 12.4 Å². The molecule has 0 atom stereocenters. The van der Waals surface area contributed by atoms with Crippen molar-refractivity contribution in [3.8, 4) is 17.6 Å². The van der Waals surface area contributed by atoms with Crippen molar-refractivity contribution in [2.24, 2.45) is 0 Å². The first-order chi connectivity index (χ1) is 14.1. The summed E-state index contributed by atoms with van der Waals surface area (Å²) in [5.41, 5.74) is 3.84. The summed E-state index contributed by atoms with van der Waals surface area (Å²) in [6.45, 7) is 4.00. The van der Waals surface area contributed by atoms with Gasteiger partial charge in [-0.1, -0.05) is 12.1 Å². The smallest absolute Gasteiger partial charge is 0.230 e. The molecule has 1 N–H and O–H groups in total. The van der Waals surface area contributed by atoms with Gasteiger partial charge < -0.3 is 10.1 Å². The van der Waals surface area contributed by atoms with Gasteiger partial charge in [-0.25, -0.2) is 9.97 Å². The minimum Gasteiger partial charge on any atom is -0.457 e. The summed E-state index contributed by atoms with van der Waals surface area (Å²) in [5.74, 6) is 3.33. The highest BCUT2D eigenvalue weighted by Crippen LogP contribution is 2.38. The van der Waals surface area contributed by atoms with Crippen molar-refractivity contribution in [1.29, 1.82) is 5.26 Å². The van der Waals surface area contributed by atoms with Gasteiger partial charge in [0.1, 0.15) is 23.7 Å². The Morgan fingerprint density at radius 2 is 2.00 bits per heavy atom. The Labute approximate surface area is 169 Å². The molecule has 1 aliphatic rings. The van der Waals surface area contributed by atoms with Crippen molar-refractivity contribution >= 4 is 17.7 Å². The number of nitrogens with one attached hydrogen (secondary N) is 1. The second-order valence-electron chi connectivity index (χ2n) is 7.19. The van der Waals surface area contributed by atoms with Crippen LogP contribution in [0.1, 0.15) is 41.3 Å². The van der Waals surface area contributed by atoms with E-state index >= 15 is 0 Å². The molecule has 3 aromatic rings. The highest BCUT2D eigenvalue weighted by atomic mass is 16.5. The number of nitrogens with zero attached hydrogens (tertiary/aromatic N) is 4. The summed E-state index contributed by atoms with van der Waals surface area (Å²) in [4.78, 5) is 13.0. The lowest BCUT2D eigenvalue weighted by Crippen LogP contribution is -2.02. The molecule has 1 fully saturated rings. The highest BCUT2D eigenvalue weighted by molar-refractivity contribution is 5.59. The summed E-state index contributed by atoms with van der Waals surface area (Å²) >= 11 is 0. The van der Waals surface area contributed by atoms with E-state index in [1.165, 1.54) is 6.08 Å². The lowest BCUT2D eigenvalue weighted by molar-refractivity contribution is 0.478. The van der Waals surface area contributed by atoms with Gasteiger partial charge in [-0.05, 0) is 67.7 Å². The second kappa shape index (κ2) is 8.11. The number of aromatic nitrogens is 3. The first-order valence-corrected chi connectivity index (χ1v) is 9.53. The molecular formula is C23H21N5O. The van der Waals surface area contributed by atoms with Crippen molar-refractivity contribution in [2.75, 3.05) is 5.32 Å². The van der Waals surface area contributed by atoms with Gasteiger partial charge in [0, 0.05) is 23.7 Å². The number of hydrogen-bond donors (Lipinski definition) is 1. The Hall–Kier alpha value is -3.72. The van der Waals surface area contributed by atoms with E-state index in [0.717, 1.165) is 52.5 Å². The fourth-order valence-corrected chi connectivity index (χ4v) is 3.02. The van der Waals surface area contributed by atoms with Gasteiger partial charge in [0.2, 0.25) is 5.95 Å². The maximum absolute atomic E-state index is 8.75. The molecule has 4 rings (SSSR count). The number of anilines is 2. The van der Waals surface area contributed by atoms with Gasteiger partial charge in [0.05, 0.1) is 6.07 Å². The molecule has 144 valence electrons. The molecule has 1 aromatic heterocycles. The Morgan fingerprint density at radius 3 is 2.79 bits per heavy atom. The lowest BCUT2D eigenvalue weighted by Gasteiger charge is -2.13. The van der Waals surface area contributed by atoms with Gasteiger partial charge in [0.15, 0.2) is 0 Å². The summed E-state index contributed by atoms with van der Waals surface area (Å²) in [7, 11) is 0. The quantitative estimate of drug-likeness (QED) is 0.571. The third kappa shape index (κ3) is 4.77. The molecule has 6 heteroatoms. The molecule has 0 radical (unpaired) electrons. The number of aryl methyl sites for hydroxylation is 2. The zero-order valence-electron chi connectivity index (χ0n) is 16.4. The van der Waals surface area contributed by atoms with E-state index in [0.29, 0.717) is 11.9 Å². The zero-order chi connectivity index (χ0) is 20.2. The zero-order valence-corrected chi connectivity index (χ0v) is 16.4. The average Bonchev–Trinajstić information content (AvgIpc) is 3.54. The standard InChI is InChI=1S/C23H21N5O/c1-15-10-17(4-3-9-24)12-20(11-15)29-21-13-19(8-5-16(21)2)27-23-26-14-25-22(28-23)18-6-7-18/h3-5,8,10-14,18H,6-7H2,1-2H3,(H,25,26,27,28)/b4-3+. The number of allylic oxidation sites excluding steroid dienone is 1. The average molecular weight is 383 g/mol. The van der Waals surface area contributed by atoms with Crippen LogP contribution < -0.4 is 10.1 Å². The van der Waals surface area contributed by atoms with Crippen molar-refractivity contribution in [2.45, 2.75) is 32.6 Å². The van der Waals surface area contributed by atoms with E-state index in [4.69, 9.17) is 10.00 Å². The van der Waals surface area contributed by atoms with Crippen molar-refractivity contribution < 1.29 is 4.74 Å². The minimum atomic E-state index is 0.473. The third-order valence-electron chi connectivity index (χ3n) is 4.63. The monoisotopic (exact) mass is 383 g/mol. The van der Waals surface area contributed by atoms with E-state index in [2.05, 4.69) is 20.3 Å². The predicted molar refractivity (Wildman–Crippen MR) is 112 cm³/mol. The molecule has 0 aliphatic heterocycles. The SMILES string of the molecule is Cc1cc(/C=C/C#N)cc(Oc2cc(Nc3ncnc(C4CC4)n3)ccc2C)c1. The molecular weight excluding hydrogens is 362 g/mol. The molecule has 2 aromatic carbocycles. The molecule has 0 unspecified atom stereocenters. The first kappa shape index (κ1) is 18.6. The second-order valence-corrected chi connectivity index (χ2v) is 7.19. The van der Waals surface area contributed by atoms with Crippen molar-refractivity contribution in [1.82, 2.24) is 15.0 Å². The number of rotatable bonds is 6. The van der Waals surface area contributed by atoms with Crippen LogP contribution in [0.5, 0.6) is 11.5 Å². The Bertz CT molecular complexity index is 1110. The largest absolute Gasteiger partial charge is 0.457 e. The topological polar surface area (TPSA) is 83.7 Å². The van der Waals surface area contributed by atoms with Gasteiger partial charge in [-0.2, -0.15) is 10.2 Å². The van der Waals surface area contributed by atoms with Crippen LogP contribution in [-0.4, -0.2) is 15.0 Å². The summed E-state index contributed by atoms with van der Waals surface area (Å²) in [5, 5.41) is 12.0. The Kier molecular flexibility index (Phi) is 5.21. The molecule has 6 nitrogen and oxygen atoms in total. The molecule has 1 heterocycles. The maximum Gasteiger partial charge on any atom is 0.230 e. The molecule has 1 aliphatic carbocycles. The van der Waals surface area contributed by atoms with Crippen LogP contribution in [0.2, 0.25) is 0 Å². The normalized spacial score (nSPS) is 13.3. The number of ether oxygens (including phenoxy) is 1. The van der Waals surface area contributed by atoms with E-state index in [9.17, 15) is 0 Å². The van der Waals surface area contributed by atoms with Crippen LogP contribution in [-0.2, 0) is 0 Å². The van der Waals surface area contributed by atoms with Crippen LogP contribution >= 0.6 is 0 Å². The van der Waals surface area contributed by atoms with E-state index in [1.807, 2.05) is 56.3 Å². The molecule has 29 heavy (non-hydrogen) atoms. The van der Waals surface area contributed by atoms with Crippen LogP contribution in [0.3, 0.4) is 0 Å². The number of benzene rings is 2. The third-order valence-corrected chi connectivity index (χ3v) is 4.63. The highest BCUT2D eigenvalue weighted by Gasteiger charge is 2.26. The van der Waals surface area contributed by atoms with Crippen molar-refractivity contribution in [3.63, 3.8) is 0 Å². The Balaban J connectivity index is 1.56. The van der Waals surface area contributed by atoms with E-state index < -0.39 is 0 Å². The molecule has 0 amide bonds. The van der Waals surface area contributed by atoms with Gasteiger partial charge >= 0.3 is 0 Å². The van der Waals surface area contributed by atoms with Crippen molar-refractivity contribution in [3.05, 3.63) is 71.3 Å². The first-order valence-electron chi connectivity index (χ1n) is 9.53. The van der Waals surface area contributed by atoms with Crippen LogP contribution in [0, 0.1) is 25.2 Å². The van der Waals surface area contributed by atoms with Crippen LogP contribution in [0.15, 0.2) is 48.8 Å². The van der Waals surface area contributed by atoms with Crippen LogP contribution in [0.4, 0.5) is 11.6 Å². The summed E-state index contributed by atoms with van der Waals surface area (Å²) in [6, 6.07) is 13.8. The lowest BCUT2D eigenvalue weighted by atomic mass is 10.1. The maximum atomic E-state index is 8.75.